The molecule has 4 unspecified atom stereocenters. The number of carbonyl (C=O) groups excluding carboxylic acids is 1. The minimum absolute atomic E-state index is 0.227. The highest BCUT2D eigenvalue weighted by Crippen LogP contribution is 2.37. The van der Waals surface area contributed by atoms with E-state index in [-0.39, 0.29) is 6.61 Å². The molecule has 0 amide bonds. The van der Waals surface area contributed by atoms with E-state index in [0.29, 0.717) is 0 Å². The quantitative estimate of drug-likeness (QED) is 0.434. The van der Waals surface area contributed by atoms with E-state index >= 15 is 0 Å². The summed E-state index contributed by atoms with van der Waals surface area (Å²) < 4.78 is 21.8. The maximum Gasteiger partial charge on any atom is 0.347 e. The lowest BCUT2D eigenvalue weighted by Crippen LogP contribution is -2.45. The van der Waals surface area contributed by atoms with Gasteiger partial charge in [0, 0.05) is 0 Å². The van der Waals surface area contributed by atoms with Crippen molar-refractivity contribution in [2.24, 2.45) is 0 Å². The Labute approximate surface area is 66.7 Å². The lowest BCUT2D eigenvalue weighted by molar-refractivity contribution is -0.210. The van der Waals surface area contributed by atoms with E-state index in [1.54, 1.807) is 0 Å². The Morgan fingerprint density at radius 1 is 1.67 bits per heavy atom. The summed E-state index contributed by atoms with van der Waals surface area (Å²) >= 11 is 0. The number of ether oxygens (including phenoxy) is 2. The number of rotatable bonds is 0. The van der Waals surface area contributed by atoms with Crippen molar-refractivity contribution >= 4 is 5.97 Å². The first-order chi connectivity index (χ1) is 5.55. The van der Waals surface area contributed by atoms with Gasteiger partial charge in [0.1, 0.15) is 6.10 Å². The number of hydrogen-bond donors (Lipinski definition) is 2. The number of aliphatic hydroxyl groups excluding tert-OH is 1. The van der Waals surface area contributed by atoms with Crippen LogP contribution in [0.2, 0.25) is 0 Å². The van der Waals surface area contributed by atoms with Crippen molar-refractivity contribution in [3.05, 3.63) is 0 Å². The van der Waals surface area contributed by atoms with Crippen LogP contribution in [0.4, 0.5) is 4.39 Å². The van der Waals surface area contributed by atoms with Gasteiger partial charge >= 0.3 is 5.97 Å². The molecule has 5 nitrogen and oxygen atoms in total. The van der Waals surface area contributed by atoms with Gasteiger partial charge in [-0.05, 0) is 0 Å². The Hall–Kier alpha value is -0.720. The zero-order valence-corrected chi connectivity index (χ0v) is 5.94. The number of carbonyl (C=O) groups is 1. The zero-order valence-electron chi connectivity index (χ0n) is 5.94. The molecule has 4 atom stereocenters. The summed E-state index contributed by atoms with van der Waals surface area (Å²) in [7, 11) is 0. The molecule has 2 saturated heterocycles. The molecule has 0 spiro atoms. The highest BCUT2D eigenvalue weighted by molar-refractivity contribution is 5.79. The van der Waals surface area contributed by atoms with Gasteiger partial charge in [0.15, 0.2) is 6.10 Å². The van der Waals surface area contributed by atoms with E-state index in [4.69, 9.17) is 5.11 Å². The number of hydrogen-bond acceptors (Lipinski definition) is 5. The summed E-state index contributed by atoms with van der Waals surface area (Å²) in [6.45, 7) is -0.227. The van der Waals surface area contributed by atoms with Crippen LogP contribution < -0.4 is 0 Å². The van der Waals surface area contributed by atoms with Gasteiger partial charge in [-0.15, -0.1) is 0 Å². The van der Waals surface area contributed by atoms with Crippen molar-refractivity contribution < 1.29 is 28.9 Å². The SMILES string of the molecule is O=C1OC2C(O)COC2(O)C1F. The highest BCUT2D eigenvalue weighted by atomic mass is 19.1. The Morgan fingerprint density at radius 3 is 2.92 bits per heavy atom. The first kappa shape index (κ1) is 7.90. The van der Waals surface area contributed by atoms with Crippen LogP contribution in [0.3, 0.4) is 0 Å². The number of fused-ring (bicyclic) bond motifs is 1. The summed E-state index contributed by atoms with van der Waals surface area (Å²) in [5.74, 6) is -3.47. The third-order valence-corrected chi connectivity index (χ3v) is 2.06. The lowest BCUT2D eigenvalue weighted by atomic mass is 10.1. The zero-order chi connectivity index (χ0) is 8.93. The maximum atomic E-state index is 12.9. The fourth-order valence-corrected chi connectivity index (χ4v) is 1.40. The van der Waals surface area contributed by atoms with Crippen molar-refractivity contribution in [2.45, 2.75) is 24.2 Å². The van der Waals surface area contributed by atoms with Gasteiger partial charge in [0.05, 0.1) is 6.61 Å². The molecule has 0 aliphatic carbocycles. The van der Waals surface area contributed by atoms with E-state index < -0.39 is 30.1 Å². The molecule has 6 heteroatoms. The average molecular weight is 178 g/mol. The Morgan fingerprint density at radius 2 is 2.33 bits per heavy atom. The standard InChI is InChI=1S/C6H7FO5/c7-3-5(9)12-4-2(8)1-11-6(3,4)10/h2-4,8,10H,1H2. The monoisotopic (exact) mass is 178 g/mol. The number of alkyl halides is 1. The number of halogens is 1. The predicted octanol–water partition coefficient (Wildman–Crippen LogP) is -1.67. The molecule has 0 aromatic carbocycles. The minimum Gasteiger partial charge on any atom is -0.451 e. The number of esters is 1. The fourth-order valence-electron chi connectivity index (χ4n) is 1.40. The molecule has 2 rings (SSSR count). The highest BCUT2D eigenvalue weighted by Gasteiger charge is 2.65. The lowest BCUT2D eigenvalue weighted by Gasteiger charge is -2.19. The predicted molar refractivity (Wildman–Crippen MR) is 31.7 cm³/mol. The number of aliphatic hydroxyl groups is 2. The van der Waals surface area contributed by atoms with Crippen LogP contribution in [0, 0.1) is 0 Å². The molecule has 0 radical (unpaired) electrons. The molecule has 0 bridgehead atoms. The topological polar surface area (TPSA) is 76.0 Å². The molecule has 0 saturated carbocycles. The van der Waals surface area contributed by atoms with Crippen LogP contribution in [0.5, 0.6) is 0 Å². The van der Waals surface area contributed by atoms with Gasteiger partial charge in [0.2, 0.25) is 5.79 Å². The average Bonchev–Trinajstić information content (AvgIpc) is 2.42. The van der Waals surface area contributed by atoms with E-state index in [1.165, 1.54) is 0 Å². The van der Waals surface area contributed by atoms with Crippen molar-refractivity contribution in [1.82, 2.24) is 0 Å². The Balaban J connectivity index is 2.31. The van der Waals surface area contributed by atoms with Gasteiger partial charge in [0.25, 0.3) is 6.17 Å². The minimum atomic E-state index is -2.28. The largest absolute Gasteiger partial charge is 0.451 e. The molecule has 12 heavy (non-hydrogen) atoms. The van der Waals surface area contributed by atoms with Crippen LogP contribution in [0.15, 0.2) is 0 Å². The smallest absolute Gasteiger partial charge is 0.347 e. The van der Waals surface area contributed by atoms with Crippen molar-refractivity contribution in [3.63, 3.8) is 0 Å². The Bertz CT molecular complexity index is 232. The molecule has 2 N–H and O–H groups in total. The normalized spacial score (nSPS) is 52.2. The second-order valence-corrected chi connectivity index (χ2v) is 2.85. The van der Waals surface area contributed by atoms with Crippen LogP contribution >= 0.6 is 0 Å². The van der Waals surface area contributed by atoms with Crippen LogP contribution in [0.25, 0.3) is 0 Å². The van der Waals surface area contributed by atoms with Crippen molar-refractivity contribution in [2.75, 3.05) is 6.61 Å². The third kappa shape index (κ3) is 0.742. The summed E-state index contributed by atoms with van der Waals surface area (Å²) in [5.41, 5.74) is 0. The van der Waals surface area contributed by atoms with Gasteiger partial charge in [-0.2, -0.15) is 0 Å². The summed E-state index contributed by atoms with van der Waals surface area (Å²) in [6, 6.07) is 0. The van der Waals surface area contributed by atoms with Crippen LogP contribution in [-0.2, 0) is 14.3 Å². The molecule has 2 heterocycles. The first-order valence-electron chi connectivity index (χ1n) is 3.44. The van der Waals surface area contributed by atoms with Gasteiger partial charge in [-0.25, -0.2) is 9.18 Å². The van der Waals surface area contributed by atoms with E-state index in [1.807, 2.05) is 0 Å². The van der Waals surface area contributed by atoms with Crippen LogP contribution in [0.1, 0.15) is 0 Å². The van der Waals surface area contributed by atoms with Crippen LogP contribution in [-0.4, -0.2) is 47.0 Å². The van der Waals surface area contributed by atoms with Gasteiger partial charge in [-0.1, -0.05) is 0 Å². The van der Waals surface area contributed by atoms with Crippen molar-refractivity contribution in [3.8, 4) is 0 Å². The van der Waals surface area contributed by atoms with Gasteiger partial charge in [-0.3, -0.25) is 0 Å². The van der Waals surface area contributed by atoms with Gasteiger partial charge < -0.3 is 19.7 Å². The van der Waals surface area contributed by atoms with E-state index in [0.717, 1.165) is 0 Å². The summed E-state index contributed by atoms with van der Waals surface area (Å²) in [6.07, 6.45) is -4.67. The fraction of sp³-hybridized carbons (Fsp3) is 0.833. The molecular formula is C6H7FO5. The summed E-state index contributed by atoms with van der Waals surface area (Å²) in [4.78, 5) is 10.6. The molecule has 0 aromatic heterocycles. The molecule has 0 aromatic rings. The molecule has 2 aliphatic rings. The third-order valence-electron chi connectivity index (χ3n) is 2.06. The molecule has 2 aliphatic heterocycles. The maximum absolute atomic E-state index is 12.9. The Kier molecular flexibility index (Phi) is 1.42. The summed E-state index contributed by atoms with van der Waals surface area (Å²) in [5, 5.41) is 18.4. The molecular weight excluding hydrogens is 171 g/mol. The first-order valence-corrected chi connectivity index (χ1v) is 3.44. The van der Waals surface area contributed by atoms with E-state index in [2.05, 4.69) is 9.47 Å². The second kappa shape index (κ2) is 2.15. The molecule has 2 fully saturated rings. The van der Waals surface area contributed by atoms with E-state index in [9.17, 15) is 14.3 Å². The molecule has 68 valence electrons. The van der Waals surface area contributed by atoms with Crippen molar-refractivity contribution in [1.29, 1.82) is 0 Å². The second-order valence-electron chi connectivity index (χ2n) is 2.85.